The van der Waals surface area contributed by atoms with Gasteiger partial charge in [0, 0.05) is 12.1 Å². The fourth-order valence-electron chi connectivity index (χ4n) is 2.54. The van der Waals surface area contributed by atoms with E-state index in [-0.39, 0.29) is 12.5 Å². The standard InChI is InChI=1S/C21H25NO4/c1-4-25-21(24)22(15-16(2)3)19(17-11-7-5-8-12-17)26-20(23)18-13-9-6-10-14-18/h5-14,16,19H,4,15H2,1-3H3. The lowest BCUT2D eigenvalue weighted by molar-refractivity contribution is -0.0351. The van der Waals surface area contributed by atoms with Crippen LogP contribution >= 0.6 is 0 Å². The fourth-order valence-corrected chi connectivity index (χ4v) is 2.54. The second kappa shape index (κ2) is 9.61. The summed E-state index contributed by atoms with van der Waals surface area (Å²) in [4.78, 5) is 26.6. The summed E-state index contributed by atoms with van der Waals surface area (Å²) in [6.45, 7) is 6.39. The van der Waals surface area contributed by atoms with Crippen molar-refractivity contribution >= 4 is 12.1 Å². The molecule has 0 spiro atoms. The Bertz CT molecular complexity index is 700. The summed E-state index contributed by atoms with van der Waals surface area (Å²) in [7, 11) is 0. The first kappa shape index (κ1) is 19.5. The number of rotatable bonds is 7. The van der Waals surface area contributed by atoms with Gasteiger partial charge in [-0.25, -0.2) is 9.59 Å². The van der Waals surface area contributed by atoms with E-state index >= 15 is 0 Å². The maximum absolute atomic E-state index is 12.6. The van der Waals surface area contributed by atoms with Crippen molar-refractivity contribution in [1.82, 2.24) is 4.90 Å². The van der Waals surface area contributed by atoms with Crippen LogP contribution in [0.25, 0.3) is 0 Å². The van der Waals surface area contributed by atoms with Gasteiger partial charge in [0.05, 0.1) is 12.2 Å². The third kappa shape index (κ3) is 5.34. The van der Waals surface area contributed by atoms with Crippen LogP contribution in [0.15, 0.2) is 60.7 Å². The Morgan fingerprint density at radius 3 is 2.08 bits per heavy atom. The minimum absolute atomic E-state index is 0.182. The molecule has 2 rings (SSSR count). The lowest BCUT2D eigenvalue weighted by atomic mass is 10.1. The molecule has 0 bridgehead atoms. The Morgan fingerprint density at radius 1 is 0.962 bits per heavy atom. The zero-order valence-corrected chi connectivity index (χ0v) is 15.4. The molecule has 1 atom stereocenters. The van der Waals surface area contributed by atoms with Crippen LogP contribution in [0, 0.1) is 5.92 Å². The second-order valence-electron chi connectivity index (χ2n) is 6.28. The molecule has 5 heteroatoms. The monoisotopic (exact) mass is 355 g/mol. The van der Waals surface area contributed by atoms with Crippen LogP contribution < -0.4 is 0 Å². The maximum Gasteiger partial charge on any atom is 0.412 e. The predicted octanol–water partition coefficient (Wildman–Crippen LogP) is 4.66. The van der Waals surface area contributed by atoms with Crippen molar-refractivity contribution < 1.29 is 19.1 Å². The first-order chi connectivity index (χ1) is 12.5. The van der Waals surface area contributed by atoms with Crippen LogP contribution in [-0.4, -0.2) is 30.1 Å². The number of hydrogen-bond donors (Lipinski definition) is 0. The number of carbonyl (C=O) groups excluding carboxylic acids is 2. The van der Waals surface area contributed by atoms with Crippen molar-refractivity contribution in [3.63, 3.8) is 0 Å². The highest BCUT2D eigenvalue weighted by Gasteiger charge is 2.30. The van der Waals surface area contributed by atoms with Crippen LogP contribution in [0.2, 0.25) is 0 Å². The molecule has 138 valence electrons. The number of nitrogens with zero attached hydrogens (tertiary/aromatic N) is 1. The van der Waals surface area contributed by atoms with Crippen LogP contribution in [0.3, 0.4) is 0 Å². The van der Waals surface area contributed by atoms with Crippen molar-refractivity contribution in [3.8, 4) is 0 Å². The zero-order valence-electron chi connectivity index (χ0n) is 15.4. The van der Waals surface area contributed by atoms with Crippen LogP contribution in [0.5, 0.6) is 0 Å². The highest BCUT2D eigenvalue weighted by Crippen LogP contribution is 2.25. The summed E-state index contributed by atoms with van der Waals surface area (Å²) in [5, 5.41) is 0. The number of carbonyl (C=O) groups is 2. The Labute approximate surface area is 154 Å². The van der Waals surface area contributed by atoms with E-state index in [1.165, 1.54) is 4.90 Å². The summed E-state index contributed by atoms with van der Waals surface area (Å²) in [5.74, 6) is -0.307. The topological polar surface area (TPSA) is 55.8 Å². The average Bonchev–Trinajstić information content (AvgIpc) is 2.65. The highest BCUT2D eigenvalue weighted by molar-refractivity contribution is 5.89. The molecule has 0 N–H and O–H groups in total. The van der Waals surface area contributed by atoms with Gasteiger partial charge in [-0.05, 0) is 25.0 Å². The van der Waals surface area contributed by atoms with Crippen LogP contribution in [-0.2, 0) is 9.47 Å². The molecular weight excluding hydrogens is 330 g/mol. The minimum atomic E-state index is -0.856. The summed E-state index contributed by atoms with van der Waals surface area (Å²) < 4.78 is 10.9. The number of hydrogen-bond acceptors (Lipinski definition) is 4. The SMILES string of the molecule is CCOC(=O)N(CC(C)C)C(OC(=O)c1ccccc1)c1ccccc1. The zero-order chi connectivity index (χ0) is 18.9. The molecule has 0 aromatic heterocycles. The van der Waals surface area contributed by atoms with Gasteiger partial charge in [-0.1, -0.05) is 62.4 Å². The third-order valence-corrected chi connectivity index (χ3v) is 3.66. The van der Waals surface area contributed by atoms with E-state index in [0.29, 0.717) is 17.7 Å². The number of benzene rings is 2. The quantitative estimate of drug-likeness (QED) is 0.535. The van der Waals surface area contributed by atoms with Crippen molar-refractivity contribution in [1.29, 1.82) is 0 Å². The molecule has 0 aliphatic heterocycles. The van der Waals surface area contributed by atoms with Gasteiger partial charge in [-0.3, -0.25) is 4.90 Å². The first-order valence-electron chi connectivity index (χ1n) is 8.77. The van der Waals surface area contributed by atoms with Crippen molar-refractivity contribution in [2.24, 2.45) is 5.92 Å². The number of esters is 1. The fraction of sp³-hybridized carbons (Fsp3) is 0.333. The maximum atomic E-state index is 12.6. The average molecular weight is 355 g/mol. The largest absolute Gasteiger partial charge is 0.450 e. The van der Waals surface area contributed by atoms with Crippen molar-refractivity contribution in [3.05, 3.63) is 71.8 Å². The third-order valence-electron chi connectivity index (χ3n) is 3.66. The minimum Gasteiger partial charge on any atom is -0.450 e. The summed E-state index contributed by atoms with van der Waals surface area (Å²) in [6.07, 6.45) is -1.36. The highest BCUT2D eigenvalue weighted by atomic mass is 16.6. The van der Waals surface area contributed by atoms with E-state index in [2.05, 4.69) is 0 Å². The number of amides is 1. The molecule has 0 aliphatic rings. The van der Waals surface area contributed by atoms with Crippen molar-refractivity contribution in [2.75, 3.05) is 13.2 Å². The first-order valence-corrected chi connectivity index (χ1v) is 8.77. The van der Waals surface area contributed by atoms with E-state index in [0.717, 1.165) is 0 Å². The summed E-state index contributed by atoms with van der Waals surface area (Å²) in [5.41, 5.74) is 1.15. The molecular formula is C21H25NO4. The van der Waals surface area contributed by atoms with Gasteiger partial charge in [0.15, 0.2) is 0 Å². The molecule has 26 heavy (non-hydrogen) atoms. The van der Waals surface area contributed by atoms with Gasteiger partial charge in [-0.15, -0.1) is 0 Å². The normalized spacial score (nSPS) is 11.7. The van der Waals surface area contributed by atoms with Gasteiger partial charge in [0.1, 0.15) is 0 Å². The molecule has 0 fully saturated rings. The summed E-state index contributed by atoms with van der Waals surface area (Å²) >= 11 is 0. The molecule has 1 unspecified atom stereocenters. The van der Waals surface area contributed by atoms with Gasteiger partial charge in [-0.2, -0.15) is 0 Å². The Kier molecular flexibility index (Phi) is 7.21. The second-order valence-corrected chi connectivity index (χ2v) is 6.28. The molecule has 0 heterocycles. The predicted molar refractivity (Wildman–Crippen MR) is 99.6 cm³/mol. The lowest BCUT2D eigenvalue weighted by Gasteiger charge is -2.32. The van der Waals surface area contributed by atoms with Gasteiger partial charge in [0.2, 0.25) is 6.23 Å². The van der Waals surface area contributed by atoms with E-state index in [1.807, 2.05) is 50.2 Å². The van der Waals surface area contributed by atoms with Crippen molar-refractivity contribution in [2.45, 2.75) is 27.0 Å². The Morgan fingerprint density at radius 2 is 1.54 bits per heavy atom. The molecule has 2 aromatic carbocycles. The van der Waals surface area contributed by atoms with Gasteiger partial charge >= 0.3 is 12.1 Å². The van der Waals surface area contributed by atoms with E-state index in [9.17, 15) is 9.59 Å². The van der Waals surface area contributed by atoms with Crippen LogP contribution in [0.1, 0.15) is 42.9 Å². The molecule has 0 saturated carbocycles. The molecule has 0 aliphatic carbocycles. The van der Waals surface area contributed by atoms with Gasteiger partial charge in [0.25, 0.3) is 0 Å². The van der Waals surface area contributed by atoms with E-state index in [4.69, 9.17) is 9.47 Å². The Hall–Kier alpha value is -2.82. The molecule has 1 amide bonds. The molecule has 5 nitrogen and oxygen atoms in total. The molecule has 0 radical (unpaired) electrons. The molecule has 0 saturated heterocycles. The van der Waals surface area contributed by atoms with Crippen LogP contribution in [0.4, 0.5) is 4.79 Å². The molecule has 2 aromatic rings. The van der Waals surface area contributed by atoms with E-state index in [1.54, 1.807) is 31.2 Å². The van der Waals surface area contributed by atoms with E-state index < -0.39 is 18.3 Å². The lowest BCUT2D eigenvalue weighted by Crippen LogP contribution is -2.40. The smallest absolute Gasteiger partial charge is 0.412 e. The van der Waals surface area contributed by atoms with Gasteiger partial charge < -0.3 is 9.47 Å². The summed E-state index contributed by atoms with van der Waals surface area (Å²) in [6, 6.07) is 17.9. The number of ether oxygens (including phenoxy) is 2. The Balaban J connectivity index is 2.35.